The van der Waals surface area contributed by atoms with E-state index in [-0.39, 0.29) is 12.3 Å². The zero-order valence-corrected chi connectivity index (χ0v) is 17.4. The average Bonchev–Trinajstić information content (AvgIpc) is 2.99. The van der Waals surface area contributed by atoms with Gasteiger partial charge < -0.3 is 14.0 Å². The summed E-state index contributed by atoms with van der Waals surface area (Å²) >= 11 is 1.45. The molecule has 3 rings (SSSR count). The number of ether oxygens (including phenoxy) is 2. The van der Waals surface area contributed by atoms with Gasteiger partial charge in [0.15, 0.2) is 16.3 Å². The molecule has 0 saturated carbocycles. The van der Waals surface area contributed by atoms with Gasteiger partial charge in [-0.2, -0.15) is 4.99 Å². The van der Waals surface area contributed by atoms with E-state index in [0.717, 1.165) is 26.9 Å². The molecule has 0 aliphatic heterocycles. The zero-order valence-electron chi connectivity index (χ0n) is 16.6. The van der Waals surface area contributed by atoms with Gasteiger partial charge in [-0.25, -0.2) is 0 Å². The Bertz CT molecular complexity index is 1110. The molecule has 0 unspecified atom stereocenters. The van der Waals surface area contributed by atoms with Crippen LogP contribution >= 0.6 is 11.3 Å². The lowest BCUT2D eigenvalue weighted by molar-refractivity contribution is -0.117. The molecule has 1 heterocycles. The number of aromatic nitrogens is 1. The number of carbonyl (C=O) groups is 1. The maximum Gasteiger partial charge on any atom is 0.252 e. The highest BCUT2D eigenvalue weighted by molar-refractivity contribution is 7.16. The highest BCUT2D eigenvalue weighted by Crippen LogP contribution is 2.33. The summed E-state index contributed by atoms with van der Waals surface area (Å²) < 4.78 is 13.7. The number of amides is 1. The number of benzene rings is 2. The molecule has 2 aromatic carbocycles. The fraction of sp³-hybridized carbons (Fsp3) is 0.273. The molecule has 0 aliphatic rings. The SMILES string of the molecule is C=CCn1c(=NC(=O)Cc2cc(C)ccc2C)sc2cc(OC)c(OC)cc21. The van der Waals surface area contributed by atoms with Crippen molar-refractivity contribution in [3.63, 3.8) is 0 Å². The smallest absolute Gasteiger partial charge is 0.252 e. The molecule has 0 bridgehead atoms. The number of nitrogens with zero attached hydrogens (tertiary/aromatic N) is 2. The molecule has 146 valence electrons. The van der Waals surface area contributed by atoms with Crippen LogP contribution < -0.4 is 14.3 Å². The van der Waals surface area contributed by atoms with E-state index in [1.54, 1.807) is 20.3 Å². The number of thiazole rings is 1. The largest absolute Gasteiger partial charge is 0.493 e. The van der Waals surface area contributed by atoms with Crippen LogP contribution in [0.1, 0.15) is 16.7 Å². The normalized spacial score (nSPS) is 11.6. The summed E-state index contributed by atoms with van der Waals surface area (Å²) in [5.74, 6) is 1.12. The summed E-state index contributed by atoms with van der Waals surface area (Å²) in [5.41, 5.74) is 4.17. The van der Waals surface area contributed by atoms with Gasteiger partial charge in [0.05, 0.1) is 30.9 Å². The van der Waals surface area contributed by atoms with Crippen LogP contribution in [0.15, 0.2) is 48.0 Å². The van der Waals surface area contributed by atoms with Crippen molar-refractivity contribution in [2.24, 2.45) is 4.99 Å². The predicted octanol–water partition coefficient (Wildman–Crippen LogP) is 4.19. The van der Waals surface area contributed by atoms with Gasteiger partial charge in [0.1, 0.15) is 0 Å². The van der Waals surface area contributed by atoms with Gasteiger partial charge in [-0.05, 0) is 25.0 Å². The van der Waals surface area contributed by atoms with E-state index in [0.29, 0.717) is 22.8 Å². The number of hydrogen-bond acceptors (Lipinski definition) is 4. The summed E-state index contributed by atoms with van der Waals surface area (Å²) in [5, 5.41) is 0. The number of carbonyl (C=O) groups excluding carboxylic acids is 1. The first-order chi connectivity index (χ1) is 13.5. The molecule has 1 amide bonds. The Labute approximate surface area is 168 Å². The molecule has 5 nitrogen and oxygen atoms in total. The van der Waals surface area contributed by atoms with Crippen LogP contribution in [0.25, 0.3) is 10.2 Å². The lowest BCUT2D eigenvalue weighted by Gasteiger charge is -2.08. The average molecular weight is 397 g/mol. The van der Waals surface area contributed by atoms with Crippen LogP contribution in [0.4, 0.5) is 0 Å². The fourth-order valence-corrected chi connectivity index (χ4v) is 4.15. The minimum atomic E-state index is -0.169. The molecule has 6 heteroatoms. The molecule has 0 atom stereocenters. The van der Waals surface area contributed by atoms with Crippen molar-refractivity contribution in [2.75, 3.05) is 14.2 Å². The van der Waals surface area contributed by atoms with Gasteiger partial charge in [-0.1, -0.05) is 41.2 Å². The highest BCUT2D eigenvalue weighted by atomic mass is 32.1. The second kappa shape index (κ2) is 8.44. The maximum absolute atomic E-state index is 12.7. The summed E-state index contributed by atoms with van der Waals surface area (Å²) in [4.78, 5) is 17.7. The molecule has 0 spiro atoms. The topological polar surface area (TPSA) is 52.8 Å². The van der Waals surface area contributed by atoms with E-state index in [2.05, 4.69) is 11.6 Å². The van der Waals surface area contributed by atoms with Gasteiger partial charge in [-0.15, -0.1) is 6.58 Å². The number of fused-ring (bicyclic) bond motifs is 1. The molecular weight excluding hydrogens is 372 g/mol. The van der Waals surface area contributed by atoms with Crippen molar-refractivity contribution in [1.29, 1.82) is 0 Å². The second-order valence-electron chi connectivity index (χ2n) is 6.57. The van der Waals surface area contributed by atoms with E-state index < -0.39 is 0 Å². The monoisotopic (exact) mass is 396 g/mol. The molecule has 0 radical (unpaired) electrons. The second-order valence-corrected chi connectivity index (χ2v) is 7.58. The van der Waals surface area contributed by atoms with Crippen LogP contribution in [0, 0.1) is 13.8 Å². The van der Waals surface area contributed by atoms with E-state index >= 15 is 0 Å². The minimum absolute atomic E-state index is 0.169. The third-order valence-electron chi connectivity index (χ3n) is 4.57. The maximum atomic E-state index is 12.7. The Morgan fingerprint density at radius 3 is 2.57 bits per heavy atom. The number of methoxy groups -OCH3 is 2. The zero-order chi connectivity index (χ0) is 20.3. The van der Waals surface area contributed by atoms with Gasteiger partial charge in [0.25, 0.3) is 5.91 Å². The van der Waals surface area contributed by atoms with Crippen molar-refractivity contribution in [1.82, 2.24) is 4.57 Å². The van der Waals surface area contributed by atoms with Crippen LogP contribution in [0.2, 0.25) is 0 Å². The van der Waals surface area contributed by atoms with Crippen molar-refractivity contribution in [3.05, 3.63) is 64.5 Å². The Morgan fingerprint density at radius 1 is 1.18 bits per heavy atom. The van der Waals surface area contributed by atoms with Crippen molar-refractivity contribution < 1.29 is 14.3 Å². The van der Waals surface area contributed by atoms with Crippen LogP contribution in [0.5, 0.6) is 11.5 Å². The number of hydrogen-bond donors (Lipinski definition) is 0. The molecule has 0 fully saturated rings. The first-order valence-electron chi connectivity index (χ1n) is 8.96. The lowest BCUT2D eigenvalue weighted by atomic mass is 10.0. The van der Waals surface area contributed by atoms with Crippen LogP contribution in [-0.4, -0.2) is 24.7 Å². The van der Waals surface area contributed by atoms with E-state index in [1.807, 2.05) is 48.7 Å². The molecule has 28 heavy (non-hydrogen) atoms. The molecule has 3 aromatic rings. The van der Waals surface area contributed by atoms with Gasteiger partial charge >= 0.3 is 0 Å². The summed E-state index contributed by atoms with van der Waals surface area (Å²) in [7, 11) is 3.21. The Balaban J connectivity index is 2.07. The van der Waals surface area contributed by atoms with E-state index in [1.165, 1.54) is 11.3 Å². The van der Waals surface area contributed by atoms with Crippen LogP contribution in [-0.2, 0) is 17.8 Å². The predicted molar refractivity (Wildman–Crippen MR) is 113 cm³/mol. The number of rotatable bonds is 6. The van der Waals surface area contributed by atoms with Crippen LogP contribution in [0.3, 0.4) is 0 Å². The van der Waals surface area contributed by atoms with Crippen molar-refractivity contribution in [2.45, 2.75) is 26.8 Å². The Hall–Kier alpha value is -2.86. The number of aryl methyl sites for hydroxylation is 2. The molecule has 0 aliphatic carbocycles. The highest BCUT2D eigenvalue weighted by Gasteiger charge is 2.13. The first kappa shape index (κ1) is 19.9. The Morgan fingerprint density at radius 2 is 1.89 bits per heavy atom. The van der Waals surface area contributed by atoms with Gasteiger partial charge in [0.2, 0.25) is 0 Å². The summed E-state index contributed by atoms with van der Waals surface area (Å²) in [6.45, 7) is 8.41. The Kier molecular flexibility index (Phi) is 5.99. The van der Waals surface area contributed by atoms with E-state index in [4.69, 9.17) is 9.47 Å². The first-order valence-corrected chi connectivity index (χ1v) is 9.78. The third-order valence-corrected chi connectivity index (χ3v) is 5.61. The standard InChI is InChI=1S/C22H24N2O3S/c1-6-9-24-17-12-18(26-4)19(27-5)13-20(17)28-22(24)23-21(25)11-16-10-14(2)7-8-15(16)3/h6-8,10,12-13H,1,9,11H2,2-5H3. The molecule has 1 aromatic heterocycles. The molecular formula is C22H24N2O3S. The van der Waals surface area contributed by atoms with Crippen molar-refractivity contribution in [3.8, 4) is 11.5 Å². The molecule has 0 N–H and O–H groups in total. The lowest BCUT2D eigenvalue weighted by Crippen LogP contribution is -2.17. The quantitative estimate of drug-likeness (QED) is 0.587. The minimum Gasteiger partial charge on any atom is -0.493 e. The molecule has 0 saturated heterocycles. The fourth-order valence-electron chi connectivity index (χ4n) is 3.09. The third kappa shape index (κ3) is 4.02. The summed E-state index contributed by atoms with van der Waals surface area (Å²) in [6.07, 6.45) is 2.07. The summed E-state index contributed by atoms with van der Waals surface area (Å²) in [6, 6.07) is 9.94. The van der Waals surface area contributed by atoms with Gasteiger partial charge in [0, 0.05) is 18.7 Å². The van der Waals surface area contributed by atoms with E-state index in [9.17, 15) is 4.79 Å². The van der Waals surface area contributed by atoms with Crippen molar-refractivity contribution >= 4 is 27.5 Å². The van der Waals surface area contributed by atoms with Gasteiger partial charge in [-0.3, -0.25) is 4.79 Å². The number of allylic oxidation sites excluding steroid dienone is 1.